The van der Waals surface area contributed by atoms with Gasteiger partial charge in [-0.25, -0.2) is 0 Å². The first-order valence-corrected chi connectivity index (χ1v) is 7.60. The Morgan fingerprint density at radius 2 is 1.29 bits per heavy atom. The van der Waals surface area contributed by atoms with Crippen molar-refractivity contribution < 1.29 is 0 Å². The lowest BCUT2D eigenvalue weighted by Gasteiger charge is -2.34. The third kappa shape index (κ3) is 3.46. The van der Waals surface area contributed by atoms with Gasteiger partial charge in [-0.2, -0.15) is 0 Å². The normalized spacial score (nSPS) is 24.3. The number of rotatable bonds is 2. The van der Waals surface area contributed by atoms with E-state index in [4.69, 9.17) is 5.41 Å². The number of hydrogen-bond donors (Lipinski definition) is 1. The molecule has 17 heavy (non-hydrogen) atoms. The van der Waals surface area contributed by atoms with Crippen LogP contribution in [-0.2, 0) is 0 Å². The van der Waals surface area contributed by atoms with Gasteiger partial charge >= 0.3 is 0 Å². The largest absolute Gasteiger partial charge is 0.360 e. The average Bonchev–Trinajstić information content (AvgIpc) is 2.67. The maximum absolute atomic E-state index is 8.42. The molecule has 2 rings (SSSR count). The summed E-state index contributed by atoms with van der Waals surface area (Å²) in [6.45, 7) is 0. The van der Waals surface area contributed by atoms with Gasteiger partial charge in [-0.3, -0.25) is 5.41 Å². The van der Waals surface area contributed by atoms with E-state index in [2.05, 4.69) is 11.9 Å². The van der Waals surface area contributed by atoms with Crippen LogP contribution >= 0.6 is 0 Å². The van der Waals surface area contributed by atoms with E-state index in [9.17, 15) is 0 Å². The van der Waals surface area contributed by atoms with E-state index in [1.807, 2.05) is 0 Å². The molecule has 0 amide bonds. The molecule has 0 radical (unpaired) electrons. The van der Waals surface area contributed by atoms with Crippen molar-refractivity contribution in [1.82, 2.24) is 4.90 Å². The van der Waals surface area contributed by atoms with Crippen LogP contribution in [0.5, 0.6) is 0 Å². The fourth-order valence-corrected chi connectivity index (χ4v) is 3.51. The summed E-state index contributed by atoms with van der Waals surface area (Å²) < 4.78 is 0. The summed E-state index contributed by atoms with van der Waals surface area (Å²) in [5.41, 5.74) is 0. The molecule has 1 N–H and O–H groups in total. The van der Waals surface area contributed by atoms with Gasteiger partial charge in [-0.1, -0.05) is 44.9 Å². The molecule has 0 heterocycles. The van der Waals surface area contributed by atoms with E-state index in [0.29, 0.717) is 12.0 Å². The summed E-state index contributed by atoms with van der Waals surface area (Å²) in [5, 5.41) is 8.42. The number of nitrogens with one attached hydrogen (secondary N) is 1. The van der Waals surface area contributed by atoms with E-state index in [-0.39, 0.29) is 0 Å². The van der Waals surface area contributed by atoms with Crippen LogP contribution in [-0.4, -0.2) is 23.8 Å². The molecule has 0 saturated heterocycles. The Bertz CT molecular complexity index is 235. The highest BCUT2D eigenvalue weighted by molar-refractivity contribution is 5.81. The molecule has 2 heteroatoms. The van der Waals surface area contributed by atoms with Crippen LogP contribution in [0.15, 0.2) is 0 Å². The topological polar surface area (TPSA) is 27.1 Å². The Labute approximate surface area is 106 Å². The predicted octanol–water partition coefficient (Wildman–Crippen LogP) is 4.20. The summed E-state index contributed by atoms with van der Waals surface area (Å²) in [5.74, 6) is 1.51. The lowest BCUT2D eigenvalue weighted by molar-refractivity contribution is 0.298. The first kappa shape index (κ1) is 12.9. The Morgan fingerprint density at radius 1 is 0.824 bits per heavy atom. The molecule has 0 atom stereocenters. The van der Waals surface area contributed by atoms with E-state index >= 15 is 0 Å². The van der Waals surface area contributed by atoms with Crippen molar-refractivity contribution in [3.05, 3.63) is 0 Å². The second kappa shape index (κ2) is 6.42. The third-order valence-corrected chi connectivity index (χ3v) is 4.74. The molecule has 0 aromatic heterocycles. The lowest BCUT2D eigenvalue weighted by atomic mass is 9.87. The van der Waals surface area contributed by atoms with Gasteiger partial charge in [0.25, 0.3) is 0 Å². The highest BCUT2D eigenvalue weighted by Crippen LogP contribution is 2.28. The van der Waals surface area contributed by atoms with Crippen molar-refractivity contribution in [1.29, 1.82) is 5.41 Å². The molecule has 0 aliphatic heterocycles. The first-order valence-electron chi connectivity index (χ1n) is 7.60. The van der Waals surface area contributed by atoms with Crippen molar-refractivity contribution in [2.75, 3.05) is 7.05 Å². The molecule has 0 bridgehead atoms. The van der Waals surface area contributed by atoms with E-state index in [1.54, 1.807) is 0 Å². The maximum Gasteiger partial charge on any atom is 0.0989 e. The Kier molecular flexibility index (Phi) is 4.87. The van der Waals surface area contributed by atoms with Gasteiger partial charge in [0.15, 0.2) is 0 Å². The van der Waals surface area contributed by atoms with E-state index < -0.39 is 0 Å². The van der Waals surface area contributed by atoms with Crippen LogP contribution in [0.25, 0.3) is 0 Å². The van der Waals surface area contributed by atoms with Gasteiger partial charge in [0.2, 0.25) is 0 Å². The standard InChI is InChI=1S/C15H28N2/c1-17(14-11-7-2-3-8-12-14)15(16)13-9-5-4-6-10-13/h13-14,16H,2-12H2,1H3. The van der Waals surface area contributed by atoms with Crippen LogP contribution in [0.3, 0.4) is 0 Å². The Morgan fingerprint density at radius 3 is 1.88 bits per heavy atom. The molecule has 0 aromatic carbocycles. The van der Waals surface area contributed by atoms with Gasteiger partial charge in [-0.05, 0) is 25.7 Å². The van der Waals surface area contributed by atoms with Gasteiger partial charge in [-0.15, -0.1) is 0 Å². The molecule has 2 saturated carbocycles. The molecular formula is C15H28N2. The van der Waals surface area contributed by atoms with Crippen molar-refractivity contribution in [2.45, 2.75) is 76.7 Å². The van der Waals surface area contributed by atoms with Gasteiger partial charge in [0, 0.05) is 19.0 Å². The molecule has 2 aliphatic carbocycles. The minimum Gasteiger partial charge on any atom is -0.360 e. The van der Waals surface area contributed by atoms with Gasteiger partial charge < -0.3 is 4.90 Å². The zero-order chi connectivity index (χ0) is 12.1. The molecule has 2 fully saturated rings. The summed E-state index contributed by atoms with van der Waals surface area (Å²) in [7, 11) is 2.17. The van der Waals surface area contributed by atoms with Crippen LogP contribution in [0.4, 0.5) is 0 Å². The Balaban J connectivity index is 1.88. The minimum absolute atomic E-state index is 0.567. The van der Waals surface area contributed by atoms with E-state index in [0.717, 1.165) is 5.84 Å². The number of hydrogen-bond acceptors (Lipinski definition) is 1. The van der Waals surface area contributed by atoms with Gasteiger partial charge in [0.05, 0.1) is 5.84 Å². The average molecular weight is 236 g/mol. The van der Waals surface area contributed by atoms with Crippen molar-refractivity contribution >= 4 is 5.84 Å². The second-order valence-electron chi connectivity index (χ2n) is 5.98. The highest BCUT2D eigenvalue weighted by atomic mass is 15.2. The summed E-state index contributed by atoms with van der Waals surface area (Å²) >= 11 is 0. The quantitative estimate of drug-likeness (QED) is 0.434. The van der Waals surface area contributed by atoms with E-state index in [1.165, 1.54) is 70.6 Å². The molecule has 2 aliphatic rings. The summed E-state index contributed by atoms with van der Waals surface area (Å²) in [4.78, 5) is 2.32. The molecular weight excluding hydrogens is 208 g/mol. The fourth-order valence-electron chi connectivity index (χ4n) is 3.51. The molecule has 2 nitrogen and oxygen atoms in total. The second-order valence-corrected chi connectivity index (χ2v) is 5.98. The number of amidine groups is 1. The molecule has 98 valence electrons. The van der Waals surface area contributed by atoms with Gasteiger partial charge in [0.1, 0.15) is 0 Å². The zero-order valence-corrected chi connectivity index (χ0v) is 11.4. The molecule has 0 spiro atoms. The zero-order valence-electron chi connectivity index (χ0n) is 11.4. The number of nitrogens with zero attached hydrogens (tertiary/aromatic N) is 1. The van der Waals surface area contributed by atoms with Crippen LogP contribution in [0.1, 0.15) is 70.6 Å². The lowest BCUT2D eigenvalue weighted by Crippen LogP contribution is -2.40. The van der Waals surface area contributed by atoms with Crippen LogP contribution < -0.4 is 0 Å². The summed E-state index contributed by atoms with van der Waals surface area (Å²) in [6.07, 6.45) is 14.7. The van der Waals surface area contributed by atoms with Crippen LogP contribution in [0.2, 0.25) is 0 Å². The van der Waals surface area contributed by atoms with Crippen molar-refractivity contribution in [3.63, 3.8) is 0 Å². The monoisotopic (exact) mass is 236 g/mol. The Hall–Kier alpha value is -0.530. The fraction of sp³-hybridized carbons (Fsp3) is 0.933. The first-order chi connectivity index (χ1) is 8.29. The SMILES string of the molecule is CN(C(=N)C1CCCCC1)C1CCCCCC1. The smallest absolute Gasteiger partial charge is 0.0989 e. The maximum atomic E-state index is 8.42. The third-order valence-electron chi connectivity index (χ3n) is 4.74. The molecule has 0 unspecified atom stereocenters. The van der Waals surface area contributed by atoms with Crippen molar-refractivity contribution in [2.24, 2.45) is 5.92 Å². The highest BCUT2D eigenvalue weighted by Gasteiger charge is 2.25. The van der Waals surface area contributed by atoms with Crippen LogP contribution in [0, 0.1) is 11.3 Å². The molecule has 0 aromatic rings. The van der Waals surface area contributed by atoms with Crippen molar-refractivity contribution in [3.8, 4) is 0 Å². The summed E-state index contributed by atoms with van der Waals surface area (Å²) in [6, 6.07) is 0.659. The predicted molar refractivity (Wildman–Crippen MR) is 73.6 cm³/mol. The minimum atomic E-state index is 0.567.